The molecule has 290 valence electrons. The molecule has 0 radical (unpaired) electrons. The van der Waals surface area contributed by atoms with E-state index in [1.165, 1.54) is 60.7 Å². The first-order valence-electron chi connectivity index (χ1n) is 16.8. The first kappa shape index (κ1) is 38.9. The van der Waals surface area contributed by atoms with Crippen molar-refractivity contribution in [1.82, 2.24) is 0 Å². The van der Waals surface area contributed by atoms with E-state index in [0.717, 1.165) is 12.1 Å². The third-order valence-corrected chi connectivity index (χ3v) is 10.3. The zero-order chi connectivity index (χ0) is 41.2. The molecule has 0 spiro atoms. The maximum atomic E-state index is 12.2. The molecule has 7 aromatic rings. The minimum atomic E-state index is -4.84. The highest BCUT2D eigenvalue weighted by Gasteiger charge is 2.24. The van der Waals surface area contributed by atoms with Crippen LogP contribution < -0.4 is 0 Å². The summed E-state index contributed by atoms with van der Waals surface area (Å²) in [4.78, 5) is 7.11. The largest absolute Gasteiger partial charge is 0.505 e. The van der Waals surface area contributed by atoms with E-state index in [1.807, 2.05) is 0 Å². The van der Waals surface area contributed by atoms with Gasteiger partial charge in [-0.1, -0.05) is 54.6 Å². The van der Waals surface area contributed by atoms with Crippen molar-refractivity contribution in [3.8, 4) is 11.5 Å². The Kier molecular flexibility index (Phi) is 10.5. The first-order valence-corrected chi connectivity index (χ1v) is 19.7. The number of hydrogen-bond donors (Lipinski definition) is 6. The van der Waals surface area contributed by atoms with E-state index in [1.54, 1.807) is 60.7 Å². The maximum absolute atomic E-state index is 12.2. The Morgan fingerprint density at radius 2 is 0.828 bits per heavy atom. The summed E-state index contributed by atoms with van der Waals surface area (Å²) in [5.74, 6) is -2.24. The number of phenols is 2. The van der Waals surface area contributed by atoms with Gasteiger partial charge in [0, 0.05) is 21.9 Å². The molecule has 0 heterocycles. The van der Waals surface area contributed by atoms with Crippen LogP contribution >= 0.6 is 0 Å². The summed E-state index contributed by atoms with van der Waals surface area (Å²) in [6, 6.07) is 33.2. The molecule has 0 aliphatic rings. The van der Waals surface area contributed by atoms with Crippen molar-refractivity contribution in [3.05, 3.63) is 145 Å². The fourth-order valence-corrected chi connectivity index (χ4v) is 7.08. The predicted molar refractivity (Wildman–Crippen MR) is 216 cm³/mol. The zero-order valence-electron chi connectivity index (χ0n) is 29.5. The summed E-state index contributed by atoms with van der Waals surface area (Å²) >= 11 is 0. The van der Waals surface area contributed by atoms with Crippen LogP contribution in [-0.4, -0.2) is 58.2 Å². The van der Waals surface area contributed by atoms with E-state index in [4.69, 9.17) is 0 Å². The molecule has 0 aliphatic heterocycles. The maximum Gasteiger partial charge on any atom is 0.296 e. The van der Waals surface area contributed by atoms with Gasteiger partial charge < -0.3 is 20.4 Å². The molecular weight excluding hydrogens is 789 g/mol. The molecule has 7 aromatic carbocycles. The molecule has 0 amide bonds. The van der Waals surface area contributed by atoms with Crippen molar-refractivity contribution >= 4 is 87.7 Å². The number of benzene rings is 7. The average Bonchev–Trinajstić information content (AvgIpc) is 3.20. The lowest BCUT2D eigenvalue weighted by molar-refractivity contribution is 0.471. The third kappa shape index (κ3) is 8.39. The van der Waals surface area contributed by atoms with Gasteiger partial charge in [0.2, 0.25) is 11.8 Å². The van der Waals surface area contributed by atoms with Gasteiger partial charge >= 0.3 is 0 Å². The normalized spacial score (nSPS) is 12.9. The summed E-state index contributed by atoms with van der Waals surface area (Å²) in [5, 5.41) is 60.6. The summed E-state index contributed by atoms with van der Waals surface area (Å²) in [5.41, 5.74) is 0.241. The number of aliphatic hydroxyl groups is 2. The molecule has 16 nitrogen and oxygen atoms in total. The van der Waals surface area contributed by atoms with Crippen LogP contribution in [0, 0.1) is 0 Å². The number of azo groups is 2. The second kappa shape index (κ2) is 15.6. The lowest BCUT2D eigenvalue weighted by Gasteiger charge is -2.10. The van der Waals surface area contributed by atoms with Crippen LogP contribution in [0.25, 0.3) is 21.5 Å². The van der Waals surface area contributed by atoms with Gasteiger partial charge in [-0.15, -0.1) is 10.2 Å². The molecule has 7 rings (SSSR count). The van der Waals surface area contributed by atoms with Crippen LogP contribution in [-0.2, 0) is 20.2 Å². The zero-order valence-corrected chi connectivity index (χ0v) is 31.2. The van der Waals surface area contributed by atoms with Gasteiger partial charge in [0.05, 0.1) is 22.7 Å². The van der Waals surface area contributed by atoms with Crippen LogP contribution in [0.1, 0.15) is 11.1 Å². The van der Waals surface area contributed by atoms with Gasteiger partial charge in [-0.3, -0.25) is 9.11 Å². The lowest BCUT2D eigenvalue weighted by atomic mass is 10.1. The monoisotopic (exact) mass is 816 g/mol. The van der Waals surface area contributed by atoms with Crippen molar-refractivity contribution in [1.29, 1.82) is 0 Å². The minimum absolute atomic E-state index is 0.0870. The third-order valence-electron chi connectivity index (χ3n) is 8.52. The van der Waals surface area contributed by atoms with Crippen molar-refractivity contribution in [3.63, 3.8) is 0 Å². The summed E-state index contributed by atoms with van der Waals surface area (Å²) in [6.07, 6.45) is 0. The molecule has 0 bridgehead atoms. The number of nitrogens with zero attached hydrogens (tertiary/aromatic N) is 6. The summed E-state index contributed by atoms with van der Waals surface area (Å²) in [6.45, 7) is 0. The van der Waals surface area contributed by atoms with E-state index in [2.05, 4.69) is 30.4 Å². The van der Waals surface area contributed by atoms with Crippen molar-refractivity contribution in [2.45, 2.75) is 9.79 Å². The van der Waals surface area contributed by atoms with Gasteiger partial charge in [0.25, 0.3) is 20.2 Å². The first-order chi connectivity index (χ1) is 27.7. The molecule has 18 heteroatoms. The van der Waals surface area contributed by atoms with Gasteiger partial charge in [-0.2, -0.15) is 27.1 Å². The lowest BCUT2D eigenvalue weighted by Crippen LogP contribution is -2.03. The second-order valence-corrected chi connectivity index (χ2v) is 15.2. The van der Waals surface area contributed by atoms with Crippen LogP contribution in [0.2, 0.25) is 0 Å². The Hall–Kier alpha value is -7.38. The minimum Gasteiger partial charge on any atom is -0.505 e. The molecule has 0 atom stereocenters. The Balaban J connectivity index is 1.20. The number of aromatic hydroxyl groups is 2. The van der Waals surface area contributed by atoms with Crippen LogP contribution in [0.4, 0.5) is 34.1 Å². The molecule has 0 aliphatic carbocycles. The molecule has 0 fully saturated rings. The van der Waals surface area contributed by atoms with Crippen LogP contribution in [0.5, 0.6) is 11.5 Å². The molecule has 0 saturated heterocycles. The van der Waals surface area contributed by atoms with Crippen molar-refractivity contribution in [2.24, 2.45) is 30.4 Å². The van der Waals surface area contributed by atoms with E-state index in [0.29, 0.717) is 11.4 Å². The van der Waals surface area contributed by atoms with Gasteiger partial charge in [-0.25, -0.2) is 9.98 Å². The highest BCUT2D eigenvalue weighted by atomic mass is 32.2. The van der Waals surface area contributed by atoms with Crippen LogP contribution in [0.15, 0.2) is 174 Å². The number of hydrogen-bond acceptors (Lipinski definition) is 12. The molecule has 0 saturated carbocycles. The Labute approximate surface area is 329 Å². The quantitative estimate of drug-likeness (QED) is 0.0329. The van der Waals surface area contributed by atoms with Crippen LogP contribution in [0.3, 0.4) is 0 Å². The highest BCUT2D eigenvalue weighted by Crippen LogP contribution is 2.44. The second-order valence-electron chi connectivity index (χ2n) is 12.4. The van der Waals surface area contributed by atoms with E-state index in [9.17, 15) is 46.4 Å². The SMILES string of the molecule is O=S(=O)(O)c1cc2ccc(N=C(O)c3cccc(C(O)=Nc4ccc5cc(S(=O)(=O)O)c(N=Nc6ccccc6)c(O)c5c4)c3)cc2c(O)c1N=Nc1ccccc1. The average molecular weight is 817 g/mol. The molecule has 0 aromatic heterocycles. The molecule has 58 heavy (non-hydrogen) atoms. The highest BCUT2D eigenvalue weighted by molar-refractivity contribution is 7.86. The summed E-state index contributed by atoms with van der Waals surface area (Å²) < 4.78 is 68.6. The number of phenolic OH excluding ortho intramolecular Hbond substituents is 2. The van der Waals surface area contributed by atoms with Crippen molar-refractivity contribution < 1.29 is 46.4 Å². The molecular formula is C40H28N6O10S2. The Bertz CT molecular complexity index is 2900. The fourth-order valence-electron chi connectivity index (χ4n) is 5.76. The standard InChI is InChI=1S/C40H28N6O10S2/c47-37-31-21-29(16-14-23(31)19-33(57(51,52)53)35(37)45-43-27-10-3-1-4-11-27)41-39(49)25-8-7-9-26(18-25)40(50)42-30-17-15-24-20-34(58(54,55)56)36(38(48)32(24)22-30)46-44-28-12-5-2-6-13-28/h1-22,47-48H,(H,41,49)(H,42,50)(H,51,52,53)(H,54,55,56). The van der Waals surface area contributed by atoms with E-state index < -0.39 is 64.7 Å². The topological polar surface area (TPSA) is 264 Å². The molecule has 6 N–H and O–H groups in total. The van der Waals surface area contributed by atoms with E-state index in [-0.39, 0.29) is 44.0 Å². The van der Waals surface area contributed by atoms with E-state index >= 15 is 0 Å². The number of fused-ring (bicyclic) bond motifs is 2. The smallest absolute Gasteiger partial charge is 0.296 e. The van der Waals surface area contributed by atoms with Gasteiger partial charge in [0.1, 0.15) is 21.2 Å². The van der Waals surface area contributed by atoms with Gasteiger partial charge in [-0.05, 0) is 89.6 Å². The number of aliphatic imine (C=N–C) groups is 2. The Morgan fingerprint density at radius 3 is 1.21 bits per heavy atom. The summed E-state index contributed by atoms with van der Waals surface area (Å²) in [7, 11) is -9.67. The number of rotatable bonds is 10. The fraction of sp³-hybridized carbons (Fsp3) is 0. The predicted octanol–water partition coefficient (Wildman–Crippen LogP) is 10.0. The Morgan fingerprint density at radius 1 is 0.431 bits per heavy atom. The number of aliphatic hydroxyl groups excluding tert-OH is 2. The van der Waals surface area contributed by atoms with Gasteiger partial charge in [0.15, 0.2) is 11.5 Å². The van der Waals surface area contributed by atoms with Crippen molar-refractivity contribution in [2.75, 3.05) is 0 Å². The molecule has 0 unspecified atom stereocenters.